The van der Waals surface area contributed by atoms with Gasteiger partial charge in [-0.15, -0.1) is 0 Å². The molecule has 3 heterocycles. The van der Waals surface area contributed by atoms with E-state index in [9.17, 15) is 0 Å². The van der Waals surface area contributed by atoms with Crippen molar-refractivity contribution < 1.29 is 0 Å². The second kappa shape index (κ2) is 4.77. The Morgan fingerprint density at radius 2 is 2.11 bits per heavy atom. The Morgan fingerprint density at radius 1 is 1.21 bits per heavy atom. The summed E-state index contributed by atoms with van der Waals surface area (Å²) in [5, 5.41) is 6.89. The summed E-state index contributed by atoms with van der Waals surface area (Å²) in [6, 6.07) is 5.69. The molecule has 0 aliphatic heterocycles. The molecule has 0 amide bonds. The van der Waals surface area contributed by atoms with Crippen molar-refractivity contribution in [1.29, 1.82) is 0 Å². The molecule has 0 aliphatic rings. The van der Waals surface area contributed by atoms with Crippen LogP contribution in [-0.4, -0.2) is 27.0 Å². The molecule has 96 valence electrons. The quantitative estimate of drug-likeness (QED) is 0.763. The van der Waals surface area contributed by atoms with E-state index < -0.39 is 0 Å². The molecule has 0 bridgehead atoms. The lowest BCUT2D eigenvalue weighted by molar-refractivity contribution is 1.10. The van der Waals surface area contributed by atoms with E-state index in [1.54, 1.807) is 13.2 Å². The highest BCUT2D eigenvalue weighted by Gasteiger charge is 2.06. The van der Waals surface area contributed by atoms with Gasteiger partial charge in [0.1, 0.15) is 16.2 Å². The lowest BCUT2D eigenvalue weighted by atomic mass is 10.4. The fourth-order valence-electron chi connectivity index (χ4n) is 1.68. The van der Waals surface area contributed by atoms with Crippen molar-refractivity contribution in [3.8, 4) is 0 Å². The summed E-state index contributed by atoms with van der Waals surface area (Å²) in [5.74, 6) is 1.30. The van der Waals surface area contributed by atoms with Crippen LogP contribution in [0.25, 0.3) is 10.3 Å². The predicted molar refractivity (Wildman–Crippen MR) is 77.0 cm³/mol. The van der Waals surface area contributed by atoms with Gasteiger partial charge in [0.25, 0.3) is 0 Å². The van der Waals surface area contributed by atoms with Crippen LogP contribution < -0.4 is 10.6 Å². The molecule has 19 heavy (non-hydrogen) atoms. The highest BCUT2D eigenvalue weighted by Crippen LogP contribution is 2.26. The highest BCUT2D eigenvalue weighted by atomic mass is 32.1. The number of hydrogen-bond acceptors (Lipinski definition) is 7. The highest BCUT2D eigenvalue weighted by molar-refractivity contribution is 7.21. The Labute approximate surface area is 114 Å². The summed E-state index contributed by atoms with van der Waals surface area (Å²) in [4.78, 5) is 18.2. The Balaban J connectivity index is 1.94. The van der Waals surface area contributed by atoms with Gasteiger partial charge in [-0.2, -0.15) is 4.98 Å². The monoisotopic (exact) mass is 272 g/mol. The van der Waals surface area contributed by atoms with Crippen molar-refractivity contribution >= 4 is 38.6 Å². The van der Waals surface area contributed by atoms with Crippen LogP contribution in [0.1, 0.15) is 5.69 Å². The van der Waals surface area contributed by atoms with Gasteiger partial charge < -0.3 is 10.6 Å². The number of aromatic nitrogens is 4. The van der Waals surface area contributed by atoms with Crippen molar-refractivity contribution in [3.63, 3.8) is 0 Å². The van der Waals surface area contributed by atoms with Crippen LogP contribution in [0.5, 0.6) is 0 Å². The fraction of sp³-hybridized carbons (Fsp3) is 0.167. The van der Waals surface area contributed by atoms with E-state index in [1.807, 2.05) is 25.1 Å². The summed E-state index contributed by atoms with van der Waals surface area (Å²) in [6.45, 7) is 1.92. The first-order valence-electron chi connectivity index (χ1n) is 5.76. The second-order valence-corrected chi connectivity index (χ2v) is 4.92. The third-order valence-corrected chi connectivity index (χ3v) is 3.37. The topological polar surface area (TPSA) is 75.6 Å². The van der Waals surface area contributed by atoms with Gasteiger partial charge in [0.05, 0.1) is 0 Å². The van der Waals surface area contributed by atoms with E-state index in [0.29, 0.717) is 5.95 Å². The molecule has 0 radical (unpaired) electrons. The minimum Gasteiger partial charge on any atom is -0.357 e. The molecule has 7 heteroatoms. The third-order valence-electron chi connectivity index (χ3n) is 2.48. The maximum atomic E-state index is 4.46. The number of nitrogens with one attached hydrogen (secondary N) is 2. The number of hydrogen-bond donors (Lipinski definition) is 2. The number of rotatable bonds is 3. The Bertz CT molecular complexity index is 690. The minimum absolute atomic E-state index is 0.585. The molecular weight excluding hydrogens is 260 g/mol. The lowest BCUT2D eigenvalue weighted by Gasteiger charge is -2.05. The number of pyridine rings is 1. The molecule has 2 N–H and O–H groups in total. The first kappa shape index (κ1) is 11.8. The third kappa shape index (κ3) is 2.45. The van der Waals surface area contributed by atoms with E-state index in [1.165, 1.54) is 11.3 Å². The van der Waals surface area contributed by atoms with Gasteiger partial charge in [-0.3, -0.25) is 0 Å². The molecule has 0 saturated carbocycles. The van der Waals surface area contributed by atoms with Gasteiger partial charge in [0, 0.05) is 25.0 Å². The summed E-state index contributed by atoms with van der Waals surface area (Å²) in [5.41, 5.74) is 1.77. The Hall–Kier alpha value is -2.28. The smallest absolute Gasteiger partial charge is 0.224 e. The van der Waals surface area contributed by atoms with Crippen LogP contribution in [0.3, 0.4) is 0 Å². The molecule has 0 fully saturated rings. The number of aryl methyl sites for hydroxylation is 1. The number of anilines is 3. The summed E-state index contributed by atoms with van der Waals surface area (Å²) in [6.07, 6.45) is 1.76. The molecule has 0 unspecified atom stereocenters. The molecule has 3 aromatic rings. The molecule has 0 aromatic carbocycles. The van der Waals surface area contributed by atoms with Crippen LogP contribution in [0, 0.1) is 6.92 Å². The fourth-order valence-corrected chi connectivity index (χ4v) is 2.49. The van der Waals surface area contributed by atoms with Crippen molar-refractivity contribution in [2.24, 2.45) is 0 Å². The molecule has 0 saturated heterocycles. The molecule has 0 atom stereocenters. The van der Waals surface area contributed by atoms with Crippen LogP contribution in [-0.2, 0) is 0 Å². The number of thiazole rings is 1. The molecule has 3 aromatic heterocycles. The lowest BCUT2D eigenvalue weighted by Crippen LogP contribution is -2.01. The van der Waals surface area contributed by atoms with E-state index in [-0.39, 0.29) is 0 Å². The van der Waals surface area contributed by atoms with Gasteiger partial charge in [-0.25, -0.2) is 15.0 Å². The standard InChI is InChI=1S/C12H12N6S/c1-7-6-9(17-11(13-2)15-7)18-12-16-8-4-3-5-14-10(8)19-12/h3-6H,1-2H3,(H2,13,15,16,17,18). The Kier molecular flexibility index (Phi) is 2.96. The first-order chi connectivity index (χ1) is 9.24. The van der Waals surface area contributed by atoms with Crippen molar-refractivity contribution in [2.45, 2.75) is 6.92 Å². The summed E-state index contributed by atoms with van der Waals surface area (Å²) < 4.78 is 0. The number of fused-ring (bicyclic) bond motifs is 1. The van der Waals surface area contributed by atoms with Gasteiger partial charge >= 0.3 is 0 Å². The summed E-state index contributed by atoms with van der Waals surface area (Å²) >= 11 is 1.50. The van der Waals surface area contributed by atoms with Gasteiger partial charge in [0.15, 0.2) is 5.13 Å². The number of nitrogens with zero attached hydrogens (tertiary/aromatic N) is 4. The van der Waals surface area contributed by atoms with E-state index in [0.717, 1.165) is 27.0 Å². The van der Waals surface area contributed by atoms with Gasteiger partial charge in [0.2, 0.25) is 5.95 Å². The molecule has 6 nitrogen and oxygen atoms in total. The maximum absolute atomic E-state index is 4.46. The van der Waals surface area contributed by atoms with Crippen molar-refractivity contribution in [1.82, 2.24) is 19.9 Å². The zero-order valence-corrected chi connectivity index (χ0v) is 11.3. The minimum atomic E-state index is 0.585. The summed E-state index contributed by atoms with van der Waals surface area (Å²) in [7, 11) is 1.79. The molecule has 3 rings (SSSR count). The van der Waals surface area contributed by atoms with Gasteiger partial charge in [-0.1, -0.05) is 11.3 Å². The average Bonchev–Trinajstić information content (AvgIpc) is 2.80. The van der Waals surface area contributed by atoms with Crippen LogP contribution in [0.2, 0.25) is 0 Å². The van der Waals surface area contributed by atoms with E-state index in [4.69, 9.17) is 0 Å². The van der Waals surface area contributed by atoms with E-state index >= 15 is 0 Å². The molecular formula is C12H12N6S. The molecule has 0 spiro atoms. The van der Waals surface area contributed by atoms with Crippen LogP contribution in [0.15, 0.2) is 24.4 Å². The van der Waals surface area contributed by atoms with Gasteiger partial charge in [-0.05, 0) is 19.1 Å². The SMILES string of the molecule is CNc1nc(C)cc(Nc2nc3cccnc3s2)n1. The molecule has 0 aliphatic carbocycles. The van der Waals surface area contributed by atoms with Crippen LogP contribution >= 0.6 is 11.3 Å². The largest absolute Gasteiger partial charge is 0.357 e. The van der Waals surface area contributed by atoms with Crippen molar-refractivity contribution in [3.05, 3.63) is 30.1 Å². The van der Waals surface area contributed by atoms with Crippen LogP contribution in [0.4, 0.5) is 16.9 Å². The van der Waals surface area contributed by atoms with E-state index in [2.05, 4.69) is 30.6 Å². The maximum Gasteiger partial charge on any atom is 0.224 e. The first-order valence-corrected chi connectivity index (χ1v) is 6.58. The van der Waals surface area contributed by atoms with Crippen molar-refractivity contribution in [2.75, 3.05) is 17.7 Å². The predicted octanol–water partition coefficient (Wildman–Crippen LogP) is 2.58. The normalized spacial score (nSPS) is 10.6. The average molecular weight is 272 g/mol. The second-order valence-electron chi connectivity index (χ2n) is 3.94. The Morgan fingerprint density at radius 3 is 2.89 bits per heavy atom. The zero-order chi connectivity index (χ0) is 13.2. The zero-order valence-electron chi connectivity index (χ0n) is 10.5.